The van der Waals surface area contributed by atoms with Crippen LogP contribution >= 0.6 is 0 Å². The highest BCUT2D eigenvalue weighted by atomic mass is 19.1. The molecule has 8 heteroatoms. The first-order valence-corrected chi connectivity index (χ1v) is 8.65. The molecule has 0 aromatic heterocycles. The summed E-state index contributed by atoms with van der Waals surface area (Å²) >= 11 is 0. The lowest BCUT2D eigenvalue weighted by Gasteiger charge is -2.31. The number of hydrogen-bond acceptors (Lipinski definition) is 4. The van der Waals surface area contributed by atoms with Crippen LogP contribution in [-0.2, 0) is 19.1 Å². The van der Waals surface area contributed by atoms with Crippen LogP contribution in [0.2, 0.25) is 0 Å². The Kier molecular flexibility index (Phi) is 5.51. The number of fused-ring (bicyclic) bond motifs is 1. The van der Waals surface area contributed by atoms with Crippen molar-refractivity contribution in [1.29, 1.82) is 0 Å². The minimum atomic E-state index is -1.00. The number of nitrogens with zero attached hydrogens (tertiary/aromatic N) is 1. The van der Waals surface area contributed by atoms with Crippen molar-refractivity contribution in [1.82, 2.24) is 4.90 Å². The summed E-state index contributed by atoms with van der Waals surface area (Å²) < 4.78 is 19.0. The van der Waals surface area contributed by atoms with Crippen molar-refractivity contribution >= 4 is 23.5 Å². The molecule has 0 radical (unpaired) electrons. The van der Waals surface area contributed by atoms with Gasteiger partial charge in [-0.05, 0) is 30.5 Å². The Balaban J connectivity index is 1.82. The van der Waals surface area contributed by atoms with Gasteiger partial charge < -0.3 is 20.1 Å². The lowest BCUT2D eigenvalue weighted by atomic mass is 9.89. The molecule has 26 heavy (non-hydrogen) atoms. The van der Waals surface area contributed by atoms with E-state index in [1.165, 1.54) is 23.1 Å². The second-order valence-electron chi connectivity index (χ2n) is 6.60. The molecule has 0 spiro atoms. The maximum Gasteiger partial charge on any atom is 0.305 e. The van der Waals surface area contributed by atoms with Crippen molar-refractivity contribution in [3.05, 3.63) is 29.6 Å². The van der Waals surface area contributed by atoms with E-state index in [9.17, 15) is 18.8 Å². The number of ether oxygens (including phenoxy) is 1. The Morgan fingerprint density at radius 2 is 2.19 bits per heavy atom. The third-order valence-corrected chi connectivity index (χ3v) is 4.71. The van der Waals surface area contributed by atoms with Crippen molar-refractivity contribution in [3.63, 3.8) is 0 Å². The average Bonchev–Trinajstić information content (AvgIpc) is 3.09. The number of hydrogen-bond donors (Lipinski definition) is 2. The predicted octanol–water partition coefficient (Wildman–Crippen LogP) is 1.73. The molecule has 2 aliphatic rings. The van der Waals surface area contributed by atoms with E-state index < -0.39 is 17.7 Å². The zero-order valence-electron chi connectivity index (χ0n) is 14.2. The highest BCUT2D eigenvalue weighted by Crippen LogP contribution is 2.34. The summed E-state index contributed by atoms with van der Waals surface area (Å²) in [5.74, 6) is -2.95. The van der Waals surface area contributed by atoms with Gasteiger partial charge in [0.05, 0.1) is 18.4 Å². The Morgan fingerprint density at radius 1 is 1.38 bits per heavy atom. The van der Waals surface area contributed by atoms with Crippen LogP contribution in [0.3, 0.4) is 0 Å². The van der Waals surface area contributed by atoms with Crippen LogP contribution in [0.15, 0.2) is 18.2 Å². The van der Waals surface area contributed by atoms with Gasteiger partial charge in [0.2, 0.25) is 11.8 Å². The number of carbonyl (C=O) groups excluding carboxylic acids is 2. The highest BCUT2D eigenvalue weighted by Gasteiger charge is 2.35. The summed E-state index contributed by atoms with van der Waals surface area (Å²) in [4.78, 5) is 37.5. The fraction of sp³-hybridized carbons (Fsp3) is 0.500. The van der Waals surface area contributed by atoms with Gasteiger partial charge in [-0.3, -0.25) is 14.4 Å². The van der Waals surface area contributed by atoms with Crippen LogP contribution in [0, 0.1) is 5.82 Å². The van der Waals surface area contributed by atoms with Gasteiger partial charge in [-0.25, -0.2) is 4.39 Å². The number of amides is 2. The Bertz CT molecular complexity index is 718. The molecule has 0 aliphatic carbocycles. The molecule has 1 saturated heterocycles. The molecule has 2 N–H and O–H groups in total. The molecule has 1 aromatic carbocycles. The van der Waals surface area contributed by atoms with E-state index in [2.05, 4.69) is 5.32 Å². The zero-order chi connectivity index (χ0) is 18.7. The van der Waals surface area contributed by atoms with E-state index in [1.807, 2.05) is 0 Å². The maximum absolute atomic E-state index is 13.5. The van der Waals surface area contributed by atoms with Crippen LogP contribution in [0.4, 0.5) is 10.1 Å². The number of carboxylic acids is 1. The lowest BCUT2D eigenvalue weighted by molar-refractivity contribution is -0.140. The fourth-order valence-corrected chi connectivity index (χ4v) is 3.43. The number of carbonyl (C=O) groups is 3. The molecule has 2 aliphatic heterocycles. The average molecular weight is 364 g/mol. The highest BCUT2D eigenvalue weighted by molar-refractivity contribution is 6.01. The lowest BCUT2D eigenvalue weighted by Crippen LogP contribution is -2.43. The topological polar surface area (TPSA) is 95.9 Å². The molecular formula is C18H21FN2O5. The van der Waals surface area contributed by atoms with E-state index in [4.69, 9.17) is 9.84 Å². The van der Waals surface area contributed by atoms with Gasteiger partial charge in [-0.15, -0.1) is 0 Å². The predicted molar refractivity (Wildman–Crippen MR) is 90.2 cm³/mol. The fourth-order valence-electron chi connectivity index (χ4n) is 3.43. The molecule has 3 rings (SSSR count). The summed E-state index contributed by atoms with van der Waals surface area (Å²) in [5.41, 5.74) is 0.832. The third kappa shape index (κ3) is 4.19. The SMILES string of the molecule is O=C(O)CCN(C[C@H]1CCCO1)C(=O)[C@H]1CC(=O)Nc2cc(F)ccc21. The first-order chi connectivity index (χ1) is 12.4. The van der Waals surface area contributed by atoms with Gasteiger partial charge in [0, 0.05) is 31.8 Å². The Hall–Kier alpha value is -2.48. The molecule has 1 aromatic rings. The summed E-state index contributed by atoms with van der Waals surface area (Å²) in [6, 6.07) is 3.93. The van der Waals surface area contributed by atoms with E-state index in [-0.39, 0.29) is 43.0 Å². The van der Waals surface area contributed by atoms with Crippen molar-refractivity contribution in [2.45, 2.75) is 37.7 Å². The maximum atomic E-state index is 13.5. The molecule has 2 heterocycles. The van der Waals surface area contributed by atoms with Crippen LogP contribution < -0.4 is 5.32 Å². The minimum Gasteiger partial charge on any atom is -0.481 e. The van der Waals surface area contributed by atoms with Gasteiger partial charge in [0.15, 0.2) is 0 Å². The molecule has 0 saturated carbocycles. The molecule has 140 valence electrons. The summed E-state index contributed by atoms with van der Waals surface area (Å²) in [7, 11) is 0. The monoisotopic (exact) mass is 364 g/mol. The van der Waals surface area contributed by atoms with Crippen molar-refractivity contribution < 1.29 is 28.6 Å². The van der Waals surface area contributed by atoms with E-state index in [0.717, 1.165) is 12.8 Å². The Labute approximate surface area is 150 Å². The zero-order valence-corrected chi connectivity index (χ0v) is 14.2. The summed E-state index contributed by atoms with van der Waals surface area (Å²) in [5, 5.41) is 11.6. The number of carboxylic acid groups (broad SMARTS) is 1. The molecule has 7 nitrogen and oxygen atoms in total. The number of aliphatic carboxylic acids is 1. The largest absolute Gasteiger partial charge is 0.481 e. The van der Waals surface area contributed by atoms with Crippen molar-refractivity contribution in [3.8, 4) is 0 Å². The molecule has 2 amide bonds. The second kappa shape index (κ2) is 7.82. The second-order valence-corrected chi connectivity index (χ2v) is 6.60. The van der Waals surface area contributed by atoms with Crippen LogP contribution in [0.1, 0.15) is 37.2 Å². The van der Waals surface area contributed by atoms with E-state index in [0.29, 0.717) is 18.7 Å². The van der Waals surface area contributed by atoms with Gasteiger partial charge >= 0.3 is 5.97 Å². The minimum absolute atomic E-state index is 0.0443. The van der Waals surface area contributed by atoms with Gasteiger partial charge in [0.1, 0.15) is 5.82 Å². The van der Waals surface area contributed by atoms with Gasteiger partial charge in [-0.2, -0.15) is 0 Å². The molecular weight excluding hydrogens is 343 g/mol. The normalized spacial score (nSPS) is 21.8. The quantitative estimate of drug-likeness (QED) is 0.801. The smallest absolute Gasteiger partial charge is 0.305 e. The number of benzene rings is 1. The number of halogens is 1. The third-order valence-electron chi connectivity index (χ3n) is 4.71. The Morgan fingerprint density at radius 3 is 2.88 bits per heavy atom. The standard InChI is InChI=1S/C18H21FN2O5/c19-11-3-4-13-14(9-16(22)20-15(13)8-11)18(25)21(6-5-17(23)24)10-12-2-1-7-26-12/h3-4,8,12,14H,1-2,5-7,9-10H2,(H,20,22)(H,23,24)/t12-,14+/m1/s1. The first kappa shape index (κ1) is 18.3. The number of anilines is 1. The number of nitrogens with one attached hydrogen (secondary N) is 1. The molecule has 0 bridgehead atoms. The van der Waals surface area contributed by atoms with Gasteiger partial charge in [-0.1, -0.05) is 6.07 Å². The van der Waals surface area contributed by atoms with Crippen LogP contribution in [0.25, 0.3) is 0 Å². The summed E-state index contributed by atoms with van der Waals surface area (Å²) in [6.45, 7) is 0.961. The van der Waals surface area contributed by atoms with Crippen molar-refractivity contribution in [2.75, 3.05) is 25.0 Å². The summed E-state index contributed by atoms with van der Waals surface area (Å²) in [6.07, 6.45) is 1.35. The number of rotatable bonds is 6. The molecule has 1 fully saturated rings. The van der Waals surface area contributed by atoms with E-state index >= 15 is 0 Å². The molecule has 0 unspecified atom stereocenters. The van der Waals surface area contributed by atoms with Crippen LogP contribution in [-0.4, -0.2) is 53.6 Å². The van der Waals surface area contributed by atoms with Gasteiger partial charge in [0.25, 0.3) is 0 Å². The van der Waals surface area contributed by atoms with E-state index in [1.54, 1.807) is 0 Å². The van der Waals surface area contributed by atoms with Crippen molar-refractivity contribution in [2.24, 2.45) is 0 Å². The molecule has 2 atom stereocenters. The first-order valence-electron chi connectivity index (χ1n) is 8.65. The van der Waals surface area contributed by atoms with Crippen LogP contribution in [0.5, 0.6) is 0 Å².